The second-order valence-corrected chi connectivity index (χ2v) is 6.95. The van der Waals surface area contributed by atoms with E-state index in [2.05, 4.69) is 5.10 Å². The van der Waals surface area contributed by atoms with Gasteiger partial charge in [-0.2, -0.15) is 14.7 Å². The van der Waals surface area contributed by atoms with Crippen molar-refractivity contribution < 1.29 is 13.2 Å². The van der Waals surface area contributed by atoms with Crippen LogP contribution < -0.4 is 10.0 Å². The van der Waals surface area contributed by atoms with Crippen LogP contribution >= 0.6 is 0 Å². The van der Waals surface area contributed by atoms with Crippen LogP contribution in [0.5, 0.6) is 0 Å². The summed E-state index contributed by atoms with van der Waals surface area (Å²) in [5.74, 6) is -0.241. The topological polar surface area (TPSA) is 122 Å². The molecule has 1 heterocycles. The van der Waals surface area contributed by atoms with Crippen molar-refractivity contribution in [3.63, 3.8) is 0 Å². The highest BCUT2D eigenvalue weighted by atomic mass is 32.2. The van der Waals surface area contributed by atoms with Crippen LogP contribution in [-0.4, -0.2) is 24.2 Å². The standard InChI is InChI=1S/C17H13N5O3S/c18-11-13-12-20-21(14-7-3-1-4-8-14)16(13)22(17(19)23)26(24,25)15-9-5-2-6-10-15/h1-10,12H,(H2,19,23). The summed E-state index contributed by atoms with van der Waals surface area (Å²) in [5, 5.41) is 13.4. The number of rotatable bonds is 4. The van der Waals surface area contributed by atoms with Gasteiger partial charge in [0, 0.05) is 0 Å². The number of carbonyl (C=O) groups is 1. The summed E-state index contributed by atoms with van der Waals surface area (Å²) in [5.41, 5.74) is 5.75. The van der Waals surface area contributed by atoms with Gasteiger partial charge in [-0.15, -0.1) is 0 Å². The van der Waals surface area contributed by atoms with Crippen molar-refractivity contribution in [2.75, 3.05) is 4.31 Å². The van der Waals surface area contributed by atoms with Crippen LogP contribution in [0.2, 0.25) is 0 Å². The van der Waals surface area contributed by atoms with Gasteiger partial charge in [0.2, 0.25) is 0 Å². The summed E-state index contributed by atoms with van der Waals surface area (Å²) in [6, 6.07) is 16.5. The van der Waals surface area contributed by atoms with Gasteiger partial charge in [-0.05, 0) is 24.3 Å². The van der Waals surface area contributed by atoms with Crippen LogP contribution in [0.4, 0.5) is 10.6 Å². The van der Waals surface area contributed by atoms with Crippen molar-refractivity contribution >= 4 is 21.9 Å². The third-order valence-electron chi connectivity index (χ3n) is 3.54. The maximum Gasteiger partial charge on any atom is 0.334 e. The number of amides is 2. The maximum absolute atomic E-state index is 13.0. The smallest absolute Gasteiger partial charge is 0.334 e. The van der Waals surface area contributed by atoms with Crippen LogP contribution in [-0.2, 0) is 10.0 Å². The summed E-state index contributed by atoms with van der Waals surface area (Å²) in [6.45, 7) is 0. The predicted molar refractivity (Wildman–Crippen MR) is 94.0 cm³/mol. The van der Waals surface area contributed by atoms with E-state index in [1.807, 2.05) is 6.07 Å². The Bertz CT molecular complexity index is 1090. The molecule has 0 atom stereocenters. The maximum atomic E-state index is 13.0. The summed E-state index contributed by atoms with van der Waals surface area (Å²) >= 11 is 0. The number of aromatic nitrogens is 2. The zero-order valence-corrected chi connectivity index (χ0v) is 14.2. The third kappa shape index (κ3) is 2.89. The molecule has 130 valence electrons. The van der Waals surface area contributed by atoms with Gasteiger partial charge in [-0.1, -0.05) is 36.4 Å². The van der Waals surface area contributed by atoms with Crippen LogP contribution in [0, 0.1) is 11.3 Å². The molecule has 0 saturated heterocycles. The lowest BCUT2D eigenvalue weighted by Crippen LogP contribution is -2.42. The fourth-order valence-electron chi connectivity index (χ4n) is 2.41. The molecule has 9 heteroatoms. The molecule has 0 aliphatic carbocycles. The average molecular weight is 367 g/mol. The molecular weight excluding hydrogens is 354 g/mol. The minimum atomic E-state index is -4.34. The number of urea groups is 1. The first kappa shape index (κ1) is 17.2. The van der Waals surface area contributed by atoms with E-state index in [-0.39, 0.29) is 16.3 Å². The first-order chi connectivity index (χ1) is 12.5. The largest absolute Gasteiger partial charge is 0.350 e. The first-order valence-electron chi connectivity index (χ1n) is 7.40. The highest BCUT2D eigenvalue weighted by molar-refractivity contribution is 7.93. The lowest BCUT2D eigenvalue weighted by atomic mass is 10.3. The van der Waals surface area contributed by atoms with E-state index in [0.29, 0.717) is 9.99 Å². The van der Waals surface area contributed by atoms with Crippen LogP contribution in [0.25, 0.3) is 5.69 Å². The predicted octanol–water partition coefficient (Wildman–Crippen LogP) is 2.02. The number of sulfonamides is 1. The van der Waals surface area contributed by atoms with Crippen molar-refractivity contribution in [2.24, 2.45) is 5.73 Å². The number of hydrogen-bond acceptors (Lipinski definition) is 5. The Morgan fingerprint density at radius 3 is 2.19 bits per heavy atom. The van der Waals surface area contributed by atoms with Gasteiger partial charge in [0.1, 0.15) is 11.6 Å². The molecule has 0 saturated carbocycles. The molecular formula is C17H13N5O3S. The summed E-state index contributed by atoms with van der Waals surface area (Å²) < 4.78 is 27.6. The minimum Gasteiger partial charge on any atom is -0.350 e. The van der Waals surface area contributed by atoms with E-state index in [0.717, 1.165) is 0 Å². The Hall–Kier alpha value is -3.64. The molecule has 0 bridgehead atoms. The number of nitrogens with two attached hydrogens (primary N) is 1. The van der Waals surface area contributed by atoms with Crippen molar-refractivity contribution in [3.8, 4) is 11.8 Å². The molecule has 8 nitrogen and oxygen atoms in total. The number of nitriles is 1. The Balaban J connectivity index is 2.27. The van der Waals surface area contributed by atoms with E-state index in [9.17, 15) is 18.5 Å². The quantitative estimate of drug-likeness (QED) is 0.756. The fraction of sp³-hybridized carbons (Fsp3) is 0. The monoisotopic (exact) mass is 367 g/mol. The summed E-state index contributed by atoms with van der Waals surface area (Å²) in [7, 11) is -4.34. The normalized spacial score (nSPS) is 10.9. The van der Waals surface area contributed by atoms with Crippen molar-refractivity contribution in [2.45, 2.75) is 4.90 Å². The Labute approximate surface area is 149 Å². The zero-order valence-electron chi connectivity index (χ0n) is 13.4. The van der Waals surface area contributed by atoms with E-state index >= 15 is 0 Å². The van der Waals surface area contributed by atoms with Gasteiger partial charge in [0.25, 0.3) is 10.0 Å². The van der Waals surface area contributed by atoms with Gasteiger partial charge in [-0.3, -0.25) is 0 Å². The zero-order chi connectivity index (χ0) is 18.7. The number of nitrogens with zero attached hydrogens (tertiary/aromatic N) is 4. The van der Waals surface area contributed by atoms with Gasteiger partial charge >= 0.3 is 6.03 Å². The minimum absolute atomic E-state index is 0.104. The second kappa shape index (κ2) is 6.70. The van der Waals surface area contributed by atoms with Gasteiger partial charge in [0.05, 0.1) is 16.8 Å². The van der Waals surface area contributed by atoms with Crippen molar-refractivity contribution in [1.29, 1.82) is 5.26 Å². The van der Waals surface area contributed by atoms with Gasteiger partial charge in [-0.25, -0.2) is 17.9 Å². The fourth-order valence-corrected chi connectivity index (χ4v) is 3.76. The van der Waals surface area contributed by atoms with E-state index in [1.165, 1.54) is 35.1 Å². The van der Waals surface area contributed by atoms with Crippen molar-refractivity contribution in [1.82, 2.24) is 9.78 Å². The van der Waals surface area contributed by atoms with E-state index in [4.69, 9.17) is 5.73 Å². The molecule has 1 aromatic heterocycles. The van der Waals surface area contributed by atoms with Gasteiger partial charge < -0.3 is 5.73 Å². The summed E-state index contributed by atoms with van der Waals surface area (Å²) in [4.78, 5) is 12.0. The lowest BCUT2D eigenvalue weighted by molar-refractivity contribution is 0.256. The van der Waals surface area contributed by atoms with Crippen LogP contribution in [0.15, 0.2) is 71.8 Å². The Morgan fingerprint density at radius 1 is 1.08 bits per heavy atom. The highest BCUT2D eigenvalue weighted by Crippen LogP contribution is 2.29. The molecule has 3 aromatic rings. The molecule has 0 spiro atoms. The third-order valence-corrected chi connectivity index (χ3v) is 5.24. The molecule has 26 heavy (non-hydrogen) atoms. The Kier molecular flexibility index (Phi) is 4.43. The Morgan fingerprint density at radius 2 is 1.65 bits per heavy atom. The molecule has 2 amide bonds. The number of anilines is 1. The first-order valence-corrected chi connectivity index (χ1v) is 8.84. The number of para-hydroxylation sites is 1. The average Bonchev–Trinajstić information content (AvgIpc) is 3.06. The molecule has 0 fully saturated rings. The van der Waals surface area contributed by atoms with Crippen molar-refractivity contribution in [3.05, 3.63) is 72.4 Å². The molecule has 0 unspecified atom stereocenters. The number of benzene rings is 2. The van der Waals surface area contributed by atoms with E-state index in [1.54, 1.807) is 36.4 Å². The molecule has 0 radical (unpaired) electrons. The SMILES string of the molecule is N#Cc1cnn(-c2ccccc2)c1N(C(N)=O)S(=O)(=O)c1ccccc1. The van der Waals surface area contributed by atoms with E-state index < -0.39 is 16.1 Å². The van der Waals surface area contributed by atoms with Crippen LogP contribution in [0.3, 0.4) is 0 Å². The lowest BCUT2D eigenvalue weighted by Gasteiger charge is -2.21. The number of hydrogen-bond donors (Lipinski definition) is 1. The molecule has 0 aliphatic rings. The molecule has 2 N–H and O–H groups in total. The van der Waals surface area contributed by atoms with Crippen LogP contribution in [0.1, 0.15) is 5.56 Å². The molecule has 3 rings (SSSR count). The number of primary amides is 1. The number of carbonyl (C=O) groups excluding carboxylic acids is 1. The molecule has 2 aromatic carbocycles. The second-order valence-electron chi connectivity index (χ2n) is 5.16. The molecule has 0 aliphatic heterocycles. The van der Waals surface area contributed by atoms with Gasteiger partial charge in [0.15, 0.2) is 5.82 Å². The highest BCUT2D eigenvalue weighted by Gasteiger charge is 2.34. The summed E-state index contributed by atoms with van der Waals surface area (Å²) in [6.07, 6.45) is 1.18.